The number of rotatable bonds is 9. The fourth-order valence-electron chi connectivity index (χ4n) is 1.67. The summed E-state index contributed by atoms with van der Waals surface area (Å²) in [6, 6.07) is 6.62. The van der Waals surface area contributed by atoms with E-state index in [-0.39, 0.29) is 5.75 Å². The van der Waals surface area contributed by atoms with E-state index < -0.39 is 0 Å². The lowest BCUT2D eigenvalue weighted by Crippen LogP contribution is -1.96. The molecule has 0 aromatic heterocycles. The Bertz CT molecular complexity index is 359. The van der Waals surface area contributed by atoms with Crippen LogP contribution in [0.25, 0.3) is 0 Å². The second kappa shape index (κ2) is 14.9. The molecule has 120 valence electrons. The smallest absolute Gasteiger partial charge is 0.124 e. The second-order valence-electron chi connectivity index (χ2n) is 4.83. The topological polar surface area (TPSA) is 62.0 Å². The number of phenolic OH excluding ortho intramolecular Hbond substituents is 1. The lowest BCUT2D eigenvalue weighted by atomic mass is 10.2. The molecule has 0 heterocycles. The van der Waals surface area contributed by atoms with E-state index in [1.165, 1.54) is 50.8 Å². The molecule has 1 rings (SSSR count). The van der Waals surface area contributed by atoms with E-state index in [0.717, 1.165) is 13.2 Å². The Balaban J connectivity index is 0.000000382. The first-order valence-electron chi connectivity index (χ1n) is 7.79. The van der Waals surface area contributed by atoms with Crippen LogP contribution in [0.1, 0.15) is 57.9 Å². The quantitative estimate of drug-likeness (QED) is 0.303. The predicted molar refractivity (Wildman–Crippen MR) is 87.4 cm³/mol. The van der Waals surface area contributed by atoms with Gasteiger partial charge in [0.1, 0.15) is 5.75 Å². The van der Waals surface area contributed by atoms with Crippen molar-refractivity contribution >= 4 is 6.21 Å². The lowest BCUT2D eigenvalue weighted by Gasteiger charge is -2.01. The molecule has 4 heteroatoms. The van der Waals surface area contributed by atoms with Crippen LogP contribution < -0.4 is 0 Å². The molecule has 0 radical (unpaired) electrons. The van der Waals surface area contributed by atoms with Gasteiger partial charge >= 0.3 is 0 Å². The Morgan fingerprint density at radius 2 is 1.57 bits per heavy atom. The highest BCUT2D eigenvalue weighted by molar-refractivity contribution is 5.82. The highest BCUT2D eigenvalue weighted by Crippen LogP contribution is 2.12. The number of hydrogen-bond acceptors (Lipinski definition) is 4. The zero-order valence-electron chi connectivity index (χ0n) is 13.3. The van der Waals surface area contributed by atoms with E-state index in [4.69, 9.17) is 15.1 Å². The number of ether oxygens (including phenoxy) is 1. The molecule has 4 nitrogen and oxygen atoms in total. The summed E-state index contributed by atoms with van der Waals surface area (Å²) >= 11 is 0. The fourth-order valence-corrected chi connectivity index (χ4v) is 1.67. The average Bonchev–Trinajstić information content (AvgIpc) is 2.50. The molecule has 0 fully saturated rings. The minimum atomic E-state index is 0.111. The van der Waals surface area contributed by atoms with Crippen LogP contribution in [0.5, 0.6) is 5.75 Å². The van der Waals surface area contributed by atoms with Crippen molar-refractivity contribution in [3.63, 3.8) is 0 Å². The van der Waals surface area contributed by atoms with Gasteiger partial charge in [-0.25, -0.2) is 0 Å². The first kappa shape index (κ1) is 19.4. The normalized spacial score (nSPS) is 10.4. The summed E-state index contributed by atoms with van der Waals surface area (Å²) in [6.07, 6.45) is 8.86. The van der Waals surface area contributed by atoms with Gasteiger partial charge in [-0.3, -0.25) is 0 Å². The molecule has 0 aliphatic rings. The number of hydrogen-bond donors (Lipinski definition) is 2. The summed E-state index contributed by atoms with van der Waals surface area (Å²) < 4.78 is 5.44. The number of para-hydroxylation sites is 1. The molecule has 1 aromatic rings. The number of benzene rings is 1. The van der Waals surface area contributed by atoms with Gasteiger partial charge in [0, 0.05) is 18.8 Å². The van der Waals surface area contributed by atoms with Crippen molar-refractivity contribution in [2.75, 3.05) is 13.2 Å². The van der Waals surface area contributed by atoms with E-state index in [0.29, 0.717) is 5.56 Å². The Morgan fingerprint density at radius 1 is 1.00 bits per heavy atom. The third-order valence-electron chi connectivity index (χ3n) is 2.92. The van der Waals surface area contributed by atoms with Gasteiger partial charge in [-0.1, -0.05) is 56.8 Å². The van der Waals surface area contributed by atoms with E-state index >= 15 is 0 Å². The van der Waals surface area contributed by atoms with Gasteiger partial charge in [0.2, 0.25) is 0 Å². The summed E-state index contributed by atoms with van der Waals surface area (Å²) in [7, 11) is 0. The van der Waals surface area contributed by atoms with Gasteiger partial charge in [0.05, 0.1) is 6.21 Å². The highest BCUT2D eigenvalue weighted by atomic mass is 16.5. The summed E-state index contributed by atoms with van der Waals surface area (Å²) in [4.78, 5) is 0. The van der Waals surface area contributed by atoms with Gasteiger partial charge in [0.15, 0.2) is 0 Å². The molecule has 1 aromatic carbocycles. The van der Waals surface area contributed by atoms with Crippen molar-refractivity contribution in [2.45, 2.75) is 52.4 Å². The van der Waals surface area contributed by atoms with Gasteiger partial charge in [0.25, 0.3) is 0 Å². The number of aromatic hydroxyl groups is 1. The molecular weight excluding hydrogens is 266 g/mol. The number of oxime groups is 1. The van der Waals surface area contributed by atoms with Crippen molar-refractivity contribution in [3.05, 3.63) is 29.8 Å². The van der Waals surface area contributed by atoms with Gasteiger partial charge < -0.3 is 15.1 Å². The summed E-state index contributed by atoms with van der Waals surface area (Å²) in [5.41, 5.74) is 0.505. The van der Waals surface area contributed by atoms with Crippen molar-refractivity contribution < 1.29 is 15.1 Å². The minimum Gasteiger partial charge on any atom is -0.507 e. The standard InChI is InChI=1S/C10H22O.C7H7NO2/c1-3-5-7-9-11-10-8-6-4-2;9-7-4-2-1-3-6(7)5-8-10/h3-10H2,1-2H3;1-5,9-10H/b;8-5-. The van der Waals surface area contributed by atoms with Crippen molar-refractivity contribution in [2.24, 2.45) is 5.16 Å². The molecule has 2 N–H and O–H groups in total. The van der Waals surface area contributed by atoms with Crippen LogP contribution in [0.2, 0.25) is 0 Å². The van der Waals surface area contributed by atoms with Gasteiger partial charge in [-0.2, -0.15) is 0 Å². The lowest BCUT2D eigenvalue weighted by molar-refractivity contribution is 0.126. The molecule has 0 bridgehead atoms. The second-order valence-corrected chi connectivity index (χ2v) is 4.83. The van der Waals surface area contributed by atoms with E-state index in [1.807, 2.05) is 0 Å². The summed E-state index contributed by atoms with van der Waals surface area (Å²) in [5, 5.41) is 19.9. The third kappa shape index (κ3) is 11.9. The molecule has 0 unspecified atom stereocenters. The maximum Gasteiger partial charge on any atom is 0.124 e. The van der Waals surface area contributed by atoms with Crippen molar-refractivity contribution in [1.82, 2.24) is 0 Å². The number of phenols is 1. The Labute approximate surface area is 128 Å². The van der Waals surface area contributed by atoms with Crippen LogP contribution in [-0.2, 0) is 4.74 Å². The van der Waals surface area contributed by atoms with Gasteiger partial charge in [-0.15, -0.1) is 0 Å². The third-order valence-corrected chi connectivity index (χ3v) is 2.92. The summed E-state index contributed by atoms with van der Waals surface area (Å²) in [5.74, 6) is 0.111. The first-order valence-corrected chi connectivity index (χ1v) is 7.79. The largest absolute Gasteiger partial charge is 0.507 e. The Morgan fingerprint density at radius 3 is 2.05 bits per heavy atom. The maximum atomic E-state index is 9.04. The van der Waals surface area contributed by atoms with Crippen molar-refractivity contribution in [1.29, 1.82) is 0 Å². The van der Waals surface area contributed by atoms with E-state index in [1.54, 1.807) is 18.2 Å². The monoisotopic (exact) mass is 295 g/mol. The SMILES string of the molecule is CCCCCOCCCCC.O/N=C\c1ccccc1O. The zero-order valence-corrected chi connectivity index (χ0v) is 13.3. The van der Waals surface area contributed by atoms with E-state index in [9.17, 15) is 0 Å². The molecule has 0 amide bonds. The summed E-state index contributed by atoms with van der Waals surface area (Å²) in [6.45, 7) is 6.38. The number of nitrogens with zero attached hydrogens (tertiary/aromatic N) is 1. The van der Waals surface area contributed by atoms with Crippen LogP contribution in [0.4, 0.5) is 0 Å². The zero-order chi connectivity index (χ0) is 15.8. The molecule has 21 heavy (non-hydrogen) atoms. The molecule has 0 saturated carbocycles. The molecule has 0 spiro atoms. The molecule has 0 atom stereocenters. The molecule has 0 aliphatic heterocycles. The molecule has 0 saturated heterocycles. The van der Waals surface area contributed by atoms with Crippen LogP contribution in [-0.4, -0.2) is 29.7 Å². The van der Waals surface area contributed by atoms with E-state index in [2.05, 4.69) is 19.0 Å². The maximum absolute atomic E-state index is 9.04. The van der Waals surface area contributed by atoms with Crippen LogP contribution in [0.15, 0.2) is 29.4 Å². The molecular formula is C17H29NO3. The van der Waals surface area contributed by atoms with Crippen LogP contribution >= 0.6 is 0 Å². The highest BCUT2D eigenvalue weighted by Gasteiger charge is 1.92. The molecule has 0 aliphatic carbocycles. The van der Waals surface area contributed by atoms with Crippen molar-refractivity contribution in [3.8, 4) is 5.75 Å². The Hall–Kier alpha value is -1.55. The minimum absolute atomic E-state index is 0.111. The van der Waals surface area contributed by atoms with Crippen LogP contribution in [0, 0.1) is 0 Å². The Kier molecular flexibility index (Phi) is 13.8. The number of unbranched alkanes of at least 4 members (excludes halogenated alkanes) is 4. The average molecular weight is 295 g/mol. The van der Waals surface area contributed by atoms with Crippen LogP contribution in [0.3, 0.4) is 0 Å². The first-order chi connectivity index (χ1) is 10.3. The fraction of sp³-hybridized carbons (Fsp3) is 0.588. The van der Waals surface area contributed by atoms with Gasteiger partial charge in [-0.05, 0) is 25.0 Å². The predicted octanol–water partition coefficient (Wildman–Crippen LogP) is 4.58.